The molecule has 5 heteroatoms. The van der Waals surface area contributed by atoms with E-state index in [0.29, 0.717) is 5.56 Å². The van der Waals surface area contributed by atoms with Crippen molar-refractivity contribution in [2.75, 3.05) is 0 Å². The predicted molar refractivity (Wildman–Crippen MR) is 67.9 cm³/mol. The number of carbonyl (C=O) groups is 1. The summed E-state index contributed by atoms with van der Waals surface area (Å²) in [5, 5.41) is 17.6. The number of aromatic nitrogens is 1. The molecular formula is C14H10N2O3. The van der Waals surface area contributed by atoms with Crippen molar-refractivity contribution in [2.45, 2.75) is 6.54 Å². The minimum Gasteiger partial charge on any atom is -0.478 e. The van der Waals surface area contributed by atoms with E-state index in [0.717, 1.165) is 5.56 Å². The SMILES string of the molecule is N#Cc1ccc(Cn2cc(C(=O)O)ccc2=O)cc1. The number of nitriles is 1. The molecule has 0 spiro atoms. The summed E-state index contributed by atoms with van der Waals surface area (Å²) in [6.07, 6.45) is 1.31. The van der Waals surface area contributed by atoms with Crippen molar-refractivity contribution in [3.63, 3.8) is 0 Å². The number of rotatable bonds is 3. The molecule has 0 bridgehead atoms. The zero-order valence-corrected chi connectivity index (χ0v) is 9.91. The Kier molecular flexibility index (Phi) is 3.44. The Morgan fingerprint density at radius 1 is 1.21 bits per heavy atom. The predicted octanol–water partition coefficient (Wildman–Crippen LogP) is 1.47. The maximum Gasteiger partial charge on any atom is 0.337 e. The van der Waals surface area contributed by atoms with Gasteiger partial charge in [-0.05, 0) is 23.8 Å². The summed E-state index contributed by atoms with van der Waals surface area (Å²) in [5.74, 6) is -1.08. The molecule has 0 saturated heterocycles. The summed E-state index contributed by atoms with van der Waals surface area (Å²) in [5.41, 5.74) is 1.15. The quantitative estimate of drug-likeness (QED) is 0.898. The van der Waals surface area contributed by atoms with Crippen LogP contribution in [0.15, 0.2) is 47.4 Å². The van der Waals surface area contributed by atoms with Crippen LogP contribution in [0.25, 0.3) is 0 Å². The van der Waals surface area contributed by atoms with Crippen LogP contribution in [0.3, 0.4) is 0 Å². The molecule has 0 aliphatic rings. The molecule has 0 saturated carbocycles. The van der Waals surface area contributed by atoms with Gasteiger partial charge in [-0.15, -0.1) is 0 Å². The largest absolute Gasteiger partial charge is 0.478 e. The van der Waals surface area contributed by atoms with Crippen LogP contribution in [-0.4, -0.2) is 15.6 Å². The first kappa shape index (κ1) is 12.6. The highest BCUT2D eigenvalue weighted by Gasteiger charge is 2.05. The van der Waals surface area contributed by atoms with Crippen molar-refractivity contribution in [3.8, 4) is 6.07 Å². The molecule has 0 aliphatic carbocycles. The van der Waals surface area contributed by atoms with E-state index in [4.69, 9.17) is 10.4 Å². The van der Waals surface area contributed by atoms with Crippen LogP contribution in [0.1, 0.15) is 21.5 Å². The molecule has 0 amide bonds. The Morgan fingerprint density at radius 2 is 1.89 bits per heavy atom. The topological polar surface area (TPSA) is 83.1 Å². The minimum atomic E-state index is -1.08. The second-order valence-electron chi connectivity index (χ2n) is 4.00. The molecule has 2 aromatic rings. The van der Waals surface area contributed by atoms with Crippen molar-refractivity contribution >= 4 is 5.97 Å². The Bertz CT molecular complexity index is 709. The molecule has 19 heavy (non-hydrogen) atoms. The van der Waals surface area contributed by atoms with E-state index in [9.17, 15) is 9.59 Å². The highest BCUT2D eigenvalue weighted by atomic mass is 16.4. The van der Waals surface area contributed by atoms with Gasteiger partial charge >= 0.3 is 5.97 Å². The number of carboxylic acid groups (broad SMARTS) is 1. The average Bonchev–Trinajstić information content (AvgIpc) is 2.42. The molecule has 5 nitrogen and oxygen atoms in total. The van der Waals surface area contributed by atoms with Crippen LogP contribution in [0.5, 0.6) is 0 Å². The third-order valence-electron chi connectivity index (χ3n) is 2.67. The number of nitrogens with zero attached hydrogens (tertiary/aromatic N) is 2. The third kappa shape index (κ3) is 2.87. The summed E-state index contributed by atoms with van der Waals surface area (Å²) in [4.78, 5) is 22.5. The summed E-state index contributed by atoms with van der Waals surface area (Å²) >= 11 is 0. The molecule has 1 heterocycles. The number of pyridine rings is 1. The van der Waals surface area contributed by atoms with Crippen molar-refractivity contribution in [3.05, 3.63) is 69.6 Å². The lowest BCUT2D eigenvalue weighted by Crippen LogP contribution is -2.20. The van der Waals surface area contributed by atoms with E-state index in [1.165, 1.54) is 22.9 Å². The molecule has 1 aromatic heterocycles. The van der Waals surface area contributed by atoms with E-state index in [2.05, 4.69) is 0 Å². The fraction of sp³-hybridized carbons (Fsp3) is 0.0714. The molecule has 0 atom stereocenters. The fourth-order valence-electron chi connectivity index (χ4n) is 1.66. The molecule has 0 aliphatic heterocycles. The van der Waals surface area contributed by atoms with Gasteiger partial charge in [0.25, 0.3) is 5.56 Å². The Balaban J connectivity index is 2.32. The van der Waals surface area contributed by atoms with Crippen LogP contribution >= 0.6 is 0 Å². The molecule has 1 N–H and O–H groups in total. The van der Waals surface area contributed by atoms with Gasteiger partial charge in [0.1, 0.15) is 0 Å². The number of hydrogen-bond donors (Lipinski definition) is 1. The number of carboxylic acids is 1. The molecule has 0 radical (unpaired) electrons. The first-order chi connectivity index (χ1) is 9.10. The lowest BCUT2D eigenvalue weighted by Gasteiger charge is -2.06. The van der Waals surface area contributed by atoms with E-state index in [-0.39, 0.29) is 17.7 Å². The maximum absolute atomic E-state index is 11.6. The Labute approximate surface area is 109 Å². The number of aromatic carboxylic acids is 1. The zero-order chi connectivity index (χ0) is 13.8. The highest BCUT2D eigenvalue weighted by molar-refractivity contribution is 5.87. The van der Waals surface area contributed by atoms with Gasteiger partial charge in [0.15, 0.2) is 0 Å². The van der Waals surface area contributed by atoms with E-state index >= 15 is 0 Å². The van der Waals surface area contributed by atoms with Crippen LogP contribution in [0.4, 0.5) is 0 Å². The normalized spacial score (nSPS) is 9.84. The van der Waals surface area contributed by atoms with Gasteiger partial charge in [0.05, 0.1) is 23.7 Å². The van der Waals surface area contributed by atoms with E-state index in [1.807, 2.05) is 6.07 Å². The second kappa shape index (κ2) is 5.19. The minimum absolute atomic E-state index is 0.0632. The van der Waals surface area contributed by atoms with Gasteiger partial charge < -0.3 is 9.67 Å². The highest BCUT2D eigenvalue weighted by Crippen LogP contribution is 2.05. The van der Waals surface area contributed by atoms with Crippen molar-refractivity contribution in [1.82, 2.24) is 4.57 Å². The standard InChI is InChI=1S/C14H10N2O3/c15-7-10-1-3-11(4-2-10)8-16-9-12(14(18)19)5-6-13(16)17/h1-6,9H,8H2,(H,18,19). The van der Waals surface area contributed by atoms with Gasteiger partial charge in [0.2, 0.25) is 0 Å². The Hall–Kier alpha value is -2.87. The van der Waals surface area contributed by atoms with Crippen LogP contribution < -0.4 is 5.56 Å². The average molecular weight is 254 g/mol. The zero-order valence-electron chi connectivity index (χ0n) is 9.91. The lowest BCUT2D eigenvalue weighted by molar-refractivity contribution is 0.0696. The molecule has 2 rings (SSSR count). The second-order valence-corrected chi connectivity index (χ2v) is 4.00. The first-order valence-corrected chi connectivity index (χ1v) is 5.53. The van der Waals surface area contributed by atoms with Crippen LogP contribution in [-0.2, 0) is 6.54 Å². The van der Waals surface area contributed by atoms with Gasteiger partial charge in [-0.25, -0.2) is 4.79 Å². The molecular weight excluding hydrogens is 244 g/mol. The summed E-state index contributed by atoms with van der Waals surface area (Å²) < 4.78 is 1.32. The third-order valence-corrected chi connectivity index (χ3v) is 2.67. The van der Waals surface area contributed by atoms with Gasteiger partial charge in [-0.1, -0.05) is 12.1 Å². The molecule has 94 valence electrons. The summed E-state index contributed by atoms with van der Waals surface area (Å²) in [7, 11) is 0. The molecule has 0 unspecified atom stereocenters. The molecule has 1 aromatic carbocycles. The van der Waals surface area contributed by atoms with Crippen molar-refractivity contribution in [2.24, 2.45) is 0 Å². The number of benzene rings is 1. The van der Waals surface area contributed by atoms with E-state index < -0.39 is 5.97 Å². The van der Waals surface area contributed by atoms with E-state index in [1.54, 1.807) is 24.3 Å². The Morgan fingerprint density at radius 3 is 2.47 bits per heavy atom. The number of hydrogen-bond acceptors (Lipinski definition) is 3. The monoisotopic (exact) mass is 254 g/mol. The molecule has 0 fully saturated rings. The van der Waals surface area contributed by atoms with Gasteiger partial charge in [-0.2, -0.15) is 5.26 Å². The maximum atomic E-state index is 11.6. The fourth-order valence-corrected chi connectivity index (χ4v) is 1.66. The van der Waals surface area contributed by atoms with Gasteiger partial charge in [-0.3, -0.25) is 4.79 Å². The van der Waals surface area contributed by atoms with Crippen LogP contribution in [0, 0.1) is 11.3 Å². The summed E-state index contributed by atoms with van der Waals surface area (Å²) in [6, 6.07) is 11.3. The lowest BCUT2D eigenvalue weighted by atomic mass is 10.1. The van der Waals surface area contributed by atoms with Gasteiger partial charge in [0, 0.05) is 12.3 Å². The van der Waals surface area contributed by atoms with Crippen molar-refractivity contribution < 1.29 is 9.90 Å². The summed E-state index contributed by atoms with van der Waals surface area (Å²) in [6.45, 7) is 0.270. The van der Waals surface area contributed by atoms with Crippen molar-refractivity contribution in [1.29, 1.82) is 5.26 Å². The van der Waals surface area contributed by atoms with Crippen LogP contribution in [0.2, 0.25) is 0 Å². The smallest absolute Gasteiger partial charge is 0.337 e. The first-order valence-electron chi connectivity index (χ1n) is 5.53.